The summed E-state index contributed by atoms with van der Waals surface area (Å²) < 4.78 is 6.59. The van der Waals surface area contributed by atoms with Crippen LogP contribution in [0.15, 0.2) is 22.7 Å². The molecule has 0 saturated heterocycles. The van der Waals surface area contributed by atoms with E-state index in [4.69, 9.17) is 9.84 Å². The minimum absolute atomic E-state index is 0.232. The smallest absolute Gasteiger partial charge is 0.126 e. The van der Waals surface area contributed by atoms with E-state index in [0.29, 0.717) is 6.61 Å². The summed E-state index contributed by atoms with van der Waals surface area (Å²) in [6, 6.07) is 5.62. The fourth-order valence-electron chi connectivity index (χ4n) is 1.55. The summed E-state index contributed by atoms with van der Waals surface area (Å²) in [7, 11) is 0. The first-order valence-corrected chi connectivity index (χ1v) is 6.65. The maximum absolute atomic E-state index is 9.61. The van der Waals surface area contributed by atoms with Crippen LogP contribution in [0.25, 0.3) is 0 Å². The minimum Gasteiger partial charge on any atom is -0.493 e. The first kappa shape index (κ1) is 14.5. The Morgan fingerprint density at radius 2 is 2.06 bits per heavy atom. The number of benzene rings is 1. The van der Waals surface area contributed by atoms with Crippen LogP contribution >= 0.6 is 15.9 Å². The molecule has 0 heterocycles. The number of ether oxygens (including phenoxy) is 1. The number of halogens is 1. The van der Waals surface area contributed by atoms with Crippen molar-refractivity contribution in [2.45, 2.75) is 32.3 Å². The van der Waals surface area contributed by atoms with E-state index >= 15 is 0 Å². The van der Waals surface area contributed by atoms with E-state index < -0.39 is 6.10 Å². The maximum Gasteiger partial charge on any atom is 0.126 e. The highest BCUT2D eigenvalue weighted by molar-refractivity contribution is 9.10. The molecule has 0 aliphatic carbocycles. The van der Waals surface area contributed by atoms with Crippen LogP contribution in [-0.4, -0.2) is 23.4 Å². The van der Waals surface area contributed by atoms with Crippen molar-refractivity contribution in [3.63, 3.8) is 0 Å². The van der Waals surface area contributed by atoms with Gasteiger partial charge in [0.1, 0.15) is 5.75 Å². The standard InChI is InChI=1S/C13H19BrO3/c1-10(16)12-6-5-11(14)9-13(12)17-8-4-2-3-7-15/h5-6,9-10,15-16H,2-4,7-8H2,1H3/t10-/m0/s1. The summed E-state index contributed by atoms with van der Waals surface area (Å²) in [5.41, 5.74) is 0.801. The molecular formula is C13H19BrO3. The molecule has 1 rings (SSSR count). The van der Waals surface area contributed by atoms with Crippen LogP contribution in [0.3, 0.4) is 0 Å². The Labute approximate surface area is 111 Å². The lowest BCUT2D eigenvalue weighted by molar-refractivity contribution is 0.190. The zero-order valence-electron chi connectivity index (χ0n) is 10.0. The average Bonchev–Trinajstić information content (AvgIpc) is 2.28. The molecule has 96 valence electrons. The fraction of sp³-hybridized carbons (Fsp3) is 0.538. The highest BCUT2D eigenvalue weighted by Crippen LogP contribution is 2.28. The Hall–Kier alpha value is -0.580. The molecule has 0 saturated carbocycles. The minimum atomic E-state index is -0.532. The van der Waals surface area contributed by atoms with Crippen molar-refractivity contribution in [2.24, 2.45) is 0 Å². The Balaban J connectivity index is 2.53. The summed E-state index contributed by atoms with van der Waals surface area (Å²) in [4.78, 5) is 0. The van der Waals surface area contributed by atoms with Crippen molar-refractivity contribution in [1.29, 1.82) is 0 Å². The zero-order chi connectivity index (χ0) is 12.7. The molecule has 2 N–H and O–H groups in total. The Morgan fingerprint density at radius 3 is 2.71 bits per heavy atom. The topological polar surface area (TPSA) is 49.7 Å². The van der Waals surface area contributed by atoms with E-state index in [-0.39, 0.29) is 6.61 Å². The van der Waals surface area contributed by atoms with Gasteiger partial charge in [-0.05, 0) is 38.3 Å². The third-order valence-corrected chi connectivity index (χ3v) is 2.98. The second-order valence-corrected chi connectivity index (χ2v) is 4.91. The highest BCUT2D eigenvalue weighted by atomic mass is 79.9. The first-order valence-electron chi connectivity index (χ1n) is 5.86. The molecular weight excluding hydrogens is 284 g/mol. The molecule has 0 bridgehead atoms. The molecule has 0 fully saturated rings. The SMILES string of the molecule is C[C@H](O)c1ccc(Br)cc1OCCCCCO. The second-order valence-electron chi connectivity index (χ2n) is 3.99. The largest absolute Gasteiger partial charge is 0.493 e. The van der Waals surface area contributed by atoms with E-state index in [1.165, 1.54) is 0 Å². The van der Waals surface area contributed by atoms with E-state index in [9.17, 15) is 5.11 Å². The van der Waals surface area contributed by atoms with Gasteiger partial charge in [0.2, 0.25) is 0 Å². The van der Waals surface area contributed by atoms with Gasteiger partial charge in [-0.3, -0.25) is 0 Å². The molecule has 1 aromatic rings. The first-order chi connectivity index (χ1) is 8.15. The Kier molecular flexibility index (Phi) is 6.55. The van der Waals surface area contributed by atoms with Gasteiger partial charge in [0.15, 0.2) is 0 Å². The molecule has 0 aliphatic heterocycles. The van der Waals surface area contributed by atoms with Gasteiger partial charge in [-0.25, -0.2) is 0 Å². The van der Waals surface area contributed by atoms with Crippen molar-refractivity contribution >= 4 is 15.9 Å². The number of unbranched alkanes of at least 4 members (excludes halogenated alkanes) is 2. The van der Waals surface area contributed by atoms with E-state index in [0.717, 1.165) is 35.0 Å². The zero-order valence-corrected chi connectivity index (χ0v) is 11.6. The lowest BCUT2D eigenvalue weighted by Gasteiger charge is -2.13. The molecule has 0 aliphatic rings. The van der Waals surface area contributed by atoms with Crippen molar-refractivity contribution in [3.8, 4) is 5.75 Å². The molecule has 0 unspecified atom stereocenters. The van der Waals surface area contributed by atoms with Crippen LogP contribution in [0.5, 0.6) is 5.75 Å². The average molecular weight is 303 g/mol. The van der Waals surface area contributed by atoms with Crippen molar-refractivity contribution in [1.82, 2.24) is 0 Å². The van der Waals surface area contributed by atoms with Crippen LogP contribution in [0, 0.1) is 0 Å². The third kappa shape index (κ3) is 5.06. The molecule has 1 aromatic carbocycles. The summed E-state index contributed by atoms with van der Waals surface area (Å²) in [5, 5.41) is 18.3. The van der Waals surface area contributed by atoms with Gasteiger partial charge in [-0.1, -0.05) is 22.0 Å². The predicted octanol–water partition coefficient (Wildman–Crippen LogP) is 3.04. The molecule has 1 atom stereocenters. The molecule has 0 radical (unpaired) electrons. The van der Waals surface area contributed by atoms with Crippen molar-refractivity contribution < 1.29 is 14.9 Å². The van der Waals surface area contributed by atoms with E-state index in [1.54, 1.807) is 6.92 Å². The van der Waals surface area contributed by atoms with Crippen LogP contribution in [-0.2, 0) is 0 Å². The van der Waals surface area contributed by atoms with Crippen LogP contribution in [0.2, 0.25) is 0 Å². The van der Waals surface area contributed by atoms with Gasteiger partial charge in [0.05, 0.1) is 12.7 Å². The van der Waals surface area contributed by atoms with Gasteiger partial charge in [0, 0.05) is 16.6 Å². The second kappa shape index (κ2) is 7.69. The van der Waals surface area contributed by atoms with E-state index in [2.05, 4.69) is 15.9 Å². The van der Waals surface area contributed by atoms with Crippen molar-refractivity contribution in [3.05, 3.63) is 28.2 Å². The normalized spacial score (nSPS) is 12.5. The predicted molar refractivity (Wildman–Crippen MR) is 71.2 cm³/mol. The summed E-state index contributed by atoms with van der Waals surface area (Å²) in [6.07, 6.45) is 2.14. The van der Waals surface area contributed by atoms with Crippen LogP contribution in [0.1, 0.15) is 37.9 Å². The summed E-state index contributed by atoms with van der Waals surface area (Å²) >= 11 is 3.38. The number of aliphatic hydroxyl groups is 2. The number of aliphatic hydroxyl groups excluding tert-OH is 2. The van der Waals surface area contributed by atoms with Gasteiger partial charge in [-0.2, -0.15) is 0 Å². The molecule has 0 aromatic heterocycles. The highest BCUT2D eigenvalue weighted by Gasteiger charge is 2.09. The van der Waals surface area contributed by atoms with Gasteiger partial charge in [0.25, 0.3) is 0 Å². The van der Waals surface area contributed by atoms with Crippen molar-refractivity contribution in [2.75, 3.05) is 13.2 Å². The monoisotopic (exact) mass is 302 g/mol. The van der Waals surface area contributed by atoms with Gasteiger partial charge < -0.3 is 14.9 Å². The fourth-order valence-corrected chi connectivity index (χ4v) is 1.89. The molecule has 4 heteroatoms. The lowest BCUT2D eigenvalue weighted by atomic mass is 10.1. The molecule has 3 nitrogen and oxygen atoms in total. The van der Waals surface area contributed by atoms with E-state index in [1.807, 2.05) is 18.2 Å². The summed E-state index contributed by atoms with van der Waals surface area (Å²) in [6.45, 7) is 2.56. The lowest BCUT2D eigenvalue weighted by Crippen LogP contribution is -2.02. The van der Waals surface area contributed by atoms with Gasteiger partial charge >= 0.3 is 0 Å². The van der Waals surface area contributed by atoms with Gasteiger partial charge in [-0.15, -0.1) is 0 Å². The Morgan fingerprint density at radius 1 is 1.29 bits per heavy atom. The number of hydrogen-bond acceptors (Lipinski definition) is 3. The molecule has 17 heavy (non-hydrogen) atoms. The molecule has 0 spiro atoms. The quantitative estimate of drug-likeness (QED) is 0.761. The maximum atomic E-state index is 9.61. The summed E-state index contributed by atoms with van der Waals surface area (Å²) in [5.74, 6) is 0.721. The number of rotatable bonds is 7. The third-order valence-electron chi connectivity index (χ3n) is 2.49. The number of hydrogen-bond donors (Lipinski definition) is 2. The Bertz CT molecular complexity index is 339. The van der Waals surface area contributed by atoms with Crippen LogP contribution in [0.4, 0.5) is 0 Å². The van der Waals surface area contributed by atoms with Crippen LogP contribution < -0.4 is 4.74 Å². The molecule has 0 amide bonds.